The van der Waals surface area contributed by atoms with Crippen LogP contribution in [0.5, 0.6) is 11.5 Å². The smallest absolute Gasteiger partial charge is 0.459 e. The zero-order valence-corrected chi connectivity index (χ0v) is 32.5. The molecule has 1 aliphatic rings. The highest BCUT2D eigenvalue weighted by Crippen LogP contribution is 2.54. The van der Waals surface area contributed by atoms with E-state index in [2.05, 4.69) is 10.2 Å². The van der Waals surface area contributed by atoms with Gasteiger partial charge in [-0.3, -0.25) is 33.0 Å². The van der Waals surface area contributed by atoms with Crippen LogP contribution in [0.15, 0.2) is 82.5 Å². The highest BCUT2D eigenvalue weighted by Gasteiger charge is 2.60. The number of carbonyl (C=O) groups excluding carboxylic acids is 2. The van der Waals surface area contributed by atoms with Gasteiger partial charge in [0.05, 0.1) is 18.8 Å². The molecular formula is C34H45FN4O13P2. The molecule has 1 saturated heterocycles. The van der Waals surface area contributed by atoms with Crippen molar-refractivity contribution in [1.82, 2.24) is 19.7 Å². The summed E-state index contributed by atoms with van der Waals surface area (Å²) < 4.78 is 86.4. The van der Waals surface area contributed by atoms with Crippen LogP contribution in [0.3, 0.4) is 0 Å². The van der Waals surface area contributed by atoms with Crippen LogP contribution in [0, 0.1) is 0 Å². The van der Waals surface area contributed by atoms with Crippen molar-refractivity contribution in [2.24, 2.45) is 0 Å². The van der Waals surface area contributed by atoms with Crippen molar-refractivity contribution in [3.05, 3.63) is 93.8 Å². The van der Waals surface area contributed by atoms with Crippen molar-refractivity contribution >= 4 is 27.4 Å². The number of carbonyl (C=O) groups is 2. The lowest BCUT2D eigenvalue weighted by atomic mass is 9.98. The molecule has 0 aliphatic carbocycles. The van der Waals surface area contributed by atoms with Crippen LogP contribution in [0.2, 0.25) is 0 Å². The summed E-state index contributed by atoms with van der Waals surface area (Å²) in [6, 6.07) is 13.9. The van der Waals surface area contributed by atoms with E-state index in [1.54, 1.807) is 64.1 Å². The van der Waals surface area contributed by atoms with E-state index in [0.717, 1.165) is 23.8 Å². The number of alkyl halides is 1. The number of hydrogen-bond acceptors (Lipinski definition) is 13. The number of hydrogen-bond donors (Lipinski definition) is 3. The molecule has 4 rings (SSSR count). The Kier molecular flexibility index (Phi) is 14.2. The number of rotatable bonds is 18. The fourth-order valence-electron chi connectivity index (χ4n) is 5.10. The molecule has 20 heteroatoms. The zero-order chi connectivity index (χ0) is 39.8. The number of halogens is 1. The minimum absolute atomic E-state index is 0.00525. The minimum Gasteiger partial charge on any atom is -0.462 e. The summed E-state index contributed by atoms with van der Waals surface area (Å²) in [6.45, 7) is 9.30. The van der Waals surface area contributed by atoms with E-state index in [0.29, 0.717) is 0 Å². The van der Waals surface area contributed by atoms with Crippen molar-refractivity contribution in [3.8, 4) is 11.5 Å². The molecule has 54 heavy (non-hydrogen) atoms. The van der Waals surface area contributed by atoms with E-state index >= 15 is 4.39 Å². The van der Waals surface area contributed by atoms with E-state index in [4.69, 9.17) is 32.3 Å². The molecule has 17 nitrogen and oxygen atoms in total. The number of H-pyrrole nitrogens is 1. The molecule has 3 N–H and O–H groups in total. The molecule has 8 atom stereocenters. The van der Waals surface area contributed by atoms with Crippen molar-refractivity contribution in [2.75, 3.05) is 6.61 Å². The first-order valence-electron chi connectivity index (χ1n) is 17.0. The topological polar surface area (TPSA) is 212 Å². The SMILES string of the molecule is CC(C)OC(=O)[C@H](C)N[P@@](=O)(Oc1ccccc1)O[C@@H]1[C@@H](CO[P@@](=O)(N[C@@H](C)C(=O)OC(C)C)Oc2ccccc2)O[C@@H](n2ccc(=O)[nH]c2=O)[C@]1(C)F. The second kappa shape index (κ2) is 18.0. The number of para-hydroxylation sites is 2. The molecule has 0 unspecified atom stereocenters. The quantitative estimate of drug-likeness (QED) is 0.117. The summed E-state index contributed by atoms with van der Waals surface area (Å²) in [5.74, 6) is -1.54. The number of nitrogens with zero attached hydrogens (tertiary/aromatic N) is 1. The monoisotopic (exact) mass is 798 g/mol. The van der Waals surface area contributed by atoms with Gasteiger partial charge in [0.1, 0.15) is 35.8 Å². The van der Waals surface area contributed by atoms with E-state index in [9.17, 15) is 28.3 Å². The van der Waals surface area contributed by atoms with Crippen LogP contribution in [-0.2, 0) is 42.0 Å². The molecule has 1 aliphatic heterocycles. The van der Waals surface area contributed by atoms with Gasteiger partial charge < -0.3 is 23.3 Å². The van der Waals surface area contributed by atoms with Crippen molar-refractivity contribution in [3.63, 3.8) is 0 Å². The van der Waals surface area contributed by atoms with Gasteiger partial charge in [0, 0.05) is 12.3 Å². The van der Waals surface area contributed by atoms with Gasteiger partial charge in [-0.15, -0.1) is 0 Å². The largest absolute Gasteiger partial charge is 0.462 e. The molecule has 0 radical (unpaired) electrons. The third-order valence-corrected chi connectivity index (χ3v) is 10.8. The Morgan fingerprint density at radius 2 is 1.31 bits per heavy atom. The molecular weight excluding hydrogens is 753 g/mol. The summed E-state index contributed by atoms with van der Waals surface area (Å²) in [5, 5.41) is 4.99. The molecule has 0 bridgehead atoms. The molecule has 3 aromatic rings. The number of nitrogens with one attached hydrogen (secondary N) is 3. The molecule has 0 spiro atoms. The van der Waals surface area contributed by atoms with Gasteiger partial charge in [-0.2, -0.15) is 10.2 Å². The van der Waals surface area contributed by atoms with E-state index in [1.165, 1.54) is 38.1 Å². The maximum absolute atomic E-state index is 17.3. The lowest BCUT2D eigenvalue weighted by molar-refractivity contribution is -0.150. The minimum atomic E-state index is -4.82. The van der Waals surface area contributed by atoms with Crippen LogP contribution in [0.25, 0.3) is 0 Å². The summed E-state index contributed by atoms with van der Waals surface area (Å²) in [4.78, 5) is 52.2. The molecule has 2 heterocycles. The molecule has 0 amide bonds. The van der Waals surface area contributed by atoms with Gasteiger partial charge in [0.15, 0.2) is 11.9 Å². The van der Waals surface area contributed by atoms with E-state index in [-0.39, 0.29) is 11.5 Å². The van der Waals surface area contributed by atoms with Crippen LogP contribution in [0.1, 0.15) is 54.7 Å². The number of aromatic nitrogens is 2. The summed E-state index contributed by atoms with van der Waals surface area (Å²) in [5.41, 5.74) is -4.62. The second-order valence-electron chi connectivity index (χ2n) is 13.0. The van der Waals surface area contributed by atoms with Gasteiger partial charge in [-0.25, -0.2) is 18.3 Å². The maximum Gasteiger partial charge on any atom is 0.459 e. The molecule has 1 aromatic heterocycles. The van der Waals surface area contributed by atoms with Crippen molar-refractivity contribution in [2.45, 2.75) is 96.9 Å². The van der Waals surface area contributed by atoms with Crippen LogP contribution in [-0.4, -0.2) is 70.3 Å². The Balaban J connectivity index is 1.74. The lowest BCUT2D eigenvalue weighted by Crippen LogP contribution is -2.46. The third kappa shape index (κ3) is 11.4. The van der Waals surface area contributed by atoms with Gasteiger partial charge in [0.25, 0.3) is 5.56 Å². The number of ether oxygens (including phenoxy) is 3. The van der Waals surface area contributed by atoms with Crippen LogP contribution < -0.4 is 30.5 Å². The van der Waals surface area contributed by atoms with Crippen LogP contribution >= 0.6 is 15.5 Å². The fraction of sp³-hybridized carbons (Fsp3) is 0.471. The molecule has 2 aromatic carbocycles. The summed E-state index contributed by atoms with van der Waals surface area (Å²) in [7, 11) is -9.40. The molecule has 0 saturated carbocycles. The Morgan fingerprint density at radius 1 is 0.833 bits per heavy atom. The molecule has 1 fully saturated rings. The number of aromatic amines is 1. The highest BCUT2D eigenvalue weighted by atomic mass is 31.2. The first-order valence-corrected chi connectivity index (χ1v) is 20.0. The van der Waals surface area contributed by atoms with E-state index in [1.807, 2.05) is 4.98 Å². The molecule has 296 valence electrons. The van der Waals surface area contributed by atoms with Crippen LogP contribution in [0.4, 0.5) is 4.39 Å². The second-order valence-corrected chi connectivity index (χ2v) is 16.3. The van der Waals surface area contributed by atoms with Crippen molar-refractivity contribution < 1.29 is 55.4 Å². The Hall–Kier alpha value is -4.15. The van der Waals surface area contributed by atoms with Gasteiger partial charge in [-0.1, -0.05) is 36.4 Å². The summed E-state index contributed by atoms with van der Waals surface area (Å²) in [6.07, 6.45) is -5.57. The normalized spacial score (nSPS) is 23.2. The first kappa shape index (κ1) is 42.6. The fourth-order valence-corrected chi connectivity index (χ4v) is 8.38. The summed E-state index contributed by atoms with van der Waals surface area (Å²) >= 11 is 0. The van der Waals surface area contributed by atoms with E-state index < -0.39 is 93.7 Å². The number of benzene rings is 2. The third-order valence-electron chi connectivity index (χ3n) is 7.50. The van der Waals surface area contributed by atoms with Gasteiger partial charge in [0.2, 0.25) is 0 Å². The van der Waals surface area contributed by atoms with Gasteiger partial charge in [-0.05, 0) is 72.7 Å². The average Bonchev–Trinajstić information content (AvgIpc) is 3.32. The Bertz CT molecular complexity index is 1940. The maximum atomic E-state index is 17.3. The number of esters is 2. The Morgan fingerprint density at radius 3 is 1.80 bits per heavy atom. The standard InChI is InChI=1S/C34H45FN4O13P2/c1-21(2)47-30(41)23(5)37-53(44,50-25-14-10-8-11-15-25)46-20-27-29(34(7,35)32(49-27)39-19-18-28(40)36-33(39)43)52-54(45,51-26-16-12-9-13-17-26)38-24(6)31(42)48-22(3)4/h8-19,21-24,27,29,32H,20H2,1-7H3,(H,37,44)(H,38,45)(H,36,40,43)/t23-,24-,27+,29+,32+,34+,53-,54+/m0/s1. The lowest BCUT2D eigenvalue weighted by Gasteiger charge is -2.32. The zero-order valence-electron chi connectivity index (χ0n) is 30.7. The van der Waals surface area contributed by atoms with Gasteiger partial charge >= 0.3 is 33.1 Å². The van der Waals surface area contributed by atoms with Crippen molar-refractivity contribution in [1.29, 1.82) is 0 Å². The highest BCUT2D eigenvalue weighted by molar-refractivity contribution is 7.52. The average molecular weight is 799 g/mol. The Labute approximate surface area is 311 Å². The predicted molar refractivity (Wildman–Crippen MR) is 193 cm³/mol. The predicted octanol–water partition coefficient (Wildman–Crippen LogP) is 4.80. The first-order chi connectivity index (χ1) is 25.3.